The number of carbonyl (C=O) groups is 1. The summed E-state index contributed by atoms with van der Waals surface area (Å²) in [6.07, 6.45) is 4.15. The fourth-order valence-electron chi connectivity index (χ4n) is 2.68. The van der Waals surface area contributed by atoms with Crippen LogP contribution in [0.5, 0.6) is 0 Å². The molecule has 116 valence electrons. The molecule has 5 nitrogen and oxygen atoms in total. The quantitative estimate of drug-likeness (QED) is 0.936. The molecule has 0 bridgehead atoms. The molecule has 0 radical (unpaired) electrons. The highest BCUT2D eigenvalue weighted by Crippen LogP contribution is 2.22. The van der Waals surface area contributed by atoms with Crippen molar-refractivity contribution >= 4 is 17.2 Å². The molecule has 1 fully saturated rings. The van der Waals surface area contributed by atoms with Crippen molar-refractivity contribution in [2.75, 3.05) is 19.6 Å². The first-order valence-corrected chi connectivity index (χ1v) is 8.48. The molecule has 2 N–H and O–H groups in total. The number of nitrogens with zero attached hydrogens (tertiary/aromatic N) is 3. The number of rotatable bonds is 4. The van der Waals surface area contributed by atoms with E-state index in [1.807, 2.05) is 28.5 Å². The number of likely N-dealkylation sites (tertiary alicyclic amines) is 1. The molecule has 0 saturated carbocycles. The van der Waals surface area contributed by atoms with Gasteiger partial charge in [-0.25, -0.2) is 4.98 Å². The standard InChI is InChI=1S/C16H20N4OS/c17-10-12-4-7-20(8-5-12)15(21)9-13-11-22-16(19-13)14-3-1-2-6-18-14/h1-3,6,11-12H,4-5,7-10,17H2. The molecule has 2 aromatic rings. The van der Waals surface area contributed by atoms with Crippen LogP contribution in [0.4, 0.5) is 0 Å². The Balaban J connectivity index is 1.60. The van der Waals surface area contributed by atoms with Gasteiger partial charge >= 0.3 is 0 Å². The van der Waals surface area contributed by atoms with Crippen molar-refractivity contribution in [1.29, 1.82) is 0 Å². The lowest BCUT2D eigenvalue weighted by molar-refractivity contribution is -0.131. The van der Waals surface area contributed by atoms with E-state index in [2.05, 4.69) is 9.97 Å². The van der Waals surface area contributed by atoms with Crippen molar-refractivity contribution < 1.29 is 4.79 Å². The minimum absolute atomic E-state index is 0.161. The average Bonchev–Trinajstić information content (AvgIpc) is 3.04. The Labute approximate surface area is 134 Å². The van der Waals surface area contributed by atoms with Crippen LogP contribution in [0.25, 0.3) is 10.7 Å². The lowest BCUT2D eigenvalue weighted by Gasteiger charge is -2.31. The second-order valence-electron chi connectivity index (χ2n) is 5.60. The van der Waals surface area contributed by atoms with Crippen molar-refractivity contribution in [3.8, 4) is 10.7 Å². The van der Waals surface area contributed by atoms with Crippen LogP contribution in [0.15, 0.2) is 29.8 Å². The minimum Gasteiger partial charge on any atom is -0.342 e. The predicted molar refractivity (Wildman–Crippen MR) is 87.4 cm³/mol. The van der Waals surface area contributed by atoms with Gasteiger partial charge in [0.25, 0.3) is 0 Å². The third kappa shape index (κ3) is 3.51. The zero-order chi connectivity index (χ0) is 15.4. The molecule has 22 heavy (non-hydrogen) atoms. The Morgan fingerprint density at radius 1 is 1.36 bits per heavy atom. The van der Waals surface area contributed by atoms with E-state index in [1.54, 1.807) is 6.20 Å². The number of aromatic nitrogens is 2. The lowest BCUT2D eigenvalue weighted by atomic mass is 9.97. The van der Waals surface area contributed by atoms with Crippen LogP contribution in [-0.2, 0) is 11.2 Å². The van der Waals surface area contributed by atoms with Gasteiger partial charge in [0.1, 0.15) is 5.01 Å². The van der Waals surface area contributed by atoms with E-state index in [1.165, 1.54) is 11.3 Å². The van der Waals surface area contributed by atoms with Crippen molar-refractivity contribution in [2.24, 2.45) is 11.7 Å². The van der Waals surface area contributed by atoms with Crippen LogP contribution in [0.2, 0.25) is 0 Å². The second-order valence-corrected chi connectivity index (χ2v) is 6.45. The third-order valence-electron chi connectivity index (χ3n) is 4.07. The summed E-state index contributed by atoms with van der Waals surface area (Å²) < 4.78 is 0. The minimum atomic E-state index is 0.161. The number of pyridine rings is 1. The predicted octanol–water partition coefficient (Wildman–Crippen LogP) is 1.94. The monoisotopic (exact) mass is 316 g/mol. The van der Waals surface area contributed by atoms with Gasteiger partial charge in [-0.2, -0.15) is 0 Å². The topological polar surface area (TPSA) is 72.1 Å². The van der Waals surface area contributed by atoms with Gasteiger partial charge in [0.15, 0.2) is 0 Å². The van der Waals surface area contributed by atoms with E-state index in [0.29, 0.717) is 12.3 Å². The van der Waals surface area contributed by atoms with E-state index >= 15 is 0 Å². The Kier molecular flexibility index (Phi) is 4.80. The highest BCUT2D eigenvalue weighted by Gasteiger charge is 2.22. The summed E-state index contributed by atoms with van der Waals surface area (Å²) in [5.41, 5.74) is 7.38. The molecule has 1 saturated heterocycles. The Bertz CT molecular complexity index is 620. The van der Waals surface area contributed by atoms with Crippen LogP contribution >= 0.6 is 11.3 Å². The molecular formula is C16H20N4OS. The van der Waals surface area contributed by atoms with Crippen LogP contribution < -0.4 is 5.73 Å². The fourth-order valence-corrected chi connectivity index (χ4v) is 3.48. The number of hydrogen-bond donors (Lipinski definition) is 1. The van der Waals surface area contributed by atoms with E-state index in [0.717, 1.165) is 48.9 Å². The van der Waals surface area contributed by atoms with Gasteiger partial charge < -0.3 is 10.6 Å². The highest BCUT2D eigenvalue weighted by molar-refractivity contribution is 7.13. The molecule has 2 aromatic heterocycles. The number of amides is 1. The van der Waals surface area contributed by atoms with E-state index in [-0.39, 0.29) is 5.91 Å². The normalized spacial score (nSPS) is 16.0. The third-order valence-corrected chi connectivity index (χ3v) is 4.98. The van der Waals surface area contributed by atoms with Crippen molar-refractivity contribution in [3.05, 3.63) is 35.5 Å². The number of carbonyl (C=O) groups excluding carboxylic acids is 1. The zero-order valence-electron chi connectivity index (χ0n) is 12.4. The fraction of sp³-hybridized carbons (Fsp3) is 0.438. The average molecular weight is 316 g/mol. The number of piperidine rings is 1. The maximum Gasteiger partial charge on any atom is 0.228 e. The second kappa shape index (κ2) is 6.98. The van der Waals surface area contributed by atoms with Gasteiger partial charge in [0.2, 0.25) is 5.91 Å². The first-order chi connectivity index (χ1) is 10.8. The molecular weight excluding hydrogens is 296 g/mol. The highest BCUT2D eigenvalue weighted by atomic mass is 32.1. The molecule has 0 unspecified atom stereocenters. The summed E-state index contributed by atoms with van der Waals surface area (Å²) in [5, 5.41) is 2.82. The van der Waals surface area contributed by atoms with Crippen molar-refractivity contribution in [1.82, 2.24) is 14.9 Å². The van der Waals surface area contributed by atoms with Crippen LogP contribution in [-0.4, -0.2) is 40.4 Å². The molecule has 0 aliphatic carbocycles. The Morgan fingerprint density at radius 2 is 2.18 bits per heavy atom. The molecule has 1 aliphatic heterocycles. The molecule has 0 aromatic carbocycles. The van der Waals surface area contributed by atoms with Gasteiger partial charge in [-0.1, -0.05) is 6.07 Å². The Hall–Kier alpha value is -1.79. The van der Waals surface area contributed by atoms with E-state index < -0.39 is 0 Å². The van der Waals surface area contributed by atoms with Gasteiger partial charge in [-0.05, 0) is 37.4 Å². The van der Waals surface area contributed by atoms with Gasteiger partial charge in [0.05, 0.1) is 17.8 Å². The van der Waals surface area contributed by atoms with Crippen molar-refractivity contribution in [3.63, 3.8) is 0 Å². The van der Waals surface area contributed by atoms with Crippen LogP contribution in [0, 0.1) is 5.92 Å². The molecule has 3 rings (SSSR count). The summed E-state index contributed by atoms with van der Waals surface area (Å²) in [6.45, 7) is 2.36. The number of nitrogens with two attached hydrogens (primary N) is 1. The van der Waals surface area contributed by atoms with Crippen molar-refractivity contribution in [2.45, 2.75) is 19.3 Å². The van der Waals surface area contributed by atoms with Crippen LogP contribution in [0.1, 0.15) is 18.5 Å². The Morgan fingerprint density at radius 3 is 2.86 bits per heavy atom. The van der Waals surface area contributed by atoms with E-state index in [4.69, 9.17) is 5.73 Å². The lowest BCUT2D eigenvalue weighted by Crippen LogP contribution is -2.40. The summed E-state index contributed by atoms with van der Waals surface area (Å²) >= 11 is 1.53. The smallest absolute Gasteiger partial charge is 0.228 e. The molecule has 0 spiro atoms. The summed E-state index contributed by atoms with van der Waals surface area (Å²) in [7, 11) is 0. The van der Waals surface area contributed by atoms with Gasteiger partial charge in [0, 0.05) is 24.7 Å². The largest absolute Gasteiger partial charge is 0.342 e. The summed E-state index contributed by atoms with van der Waals surface area (Å²) in [5.74, 6) is 0.729. The number of hydrogen-bond acceptors (Lipinski definition) is 5. The SMILES string of the molecule is NCC1CCN(C(=O)Cc2csc(-c3ccccn3)n2)CC1. The summed E-state index contributed by atoms with van der Waals surface area (Å²) in [6, 6.07) is 5.75. The maximum atomic E-state index is 12.4. The molecule has 1 amide bonds. The molecule has 6 heteroatoms. The first-order valence-electron chi connectivity index (χ1n) is 7.60. The zero-order valence-corrected chi connectivity index (χ0v) is 13.3. The van der Waals surface area contributed by atoms with Gasteiger partial charge in [-0.15, -0.1) is 11.3 Å². The first kappa shape index (κ1) is 15.1. The summed E-state index contributed by atoms with van der Waals surface area (Å²) in [4.78, 5) is 23.1. The molecule has 1 aliphatic rings. The van der Waals surface area contributed by atoms with Crippen LogP contribution in [0.3, 0.4) is 0 Å². The van der Waals surface area contributed by atoms with E-state index in [9.17, 15) is 4.79 Å². The molecule has 0 atom stereocenters. The van der Waals surface area contributed by atoms with Gasteiger partial charge in [-0.3, -0.25) is 9.78 Å². The number of thiazole rings is 1. The maximum absolute atomic E-state index is 12.4. The molecule has 3 heterocycles.